The van der Waals surface area contributed by atoms with Gasteiger partial charge >= 0.3 is 5.97 Å². The molecule has 1 amide bonds. The molecule has 0 radical (unpaired) electrons. The van der Waals surface area contributed by atoms with E-state index in [4.69, 9.17) is 4.74 Å². The molecule has 0 saturated heterocycles. The van der Waals surface area contributed by atoms with E-state index in [-0.39, 0.29) is 5.91 Å². The fourth-order valence-electron chi connectivity index (χ4n) is 1.66. The van der Waals surface area contributed by atoms with Gasteiger partial charge in [-0.05, 0) is 54.6 Å². The number of nitrogens with zero attached hydrogens (tertiary/aromatic N) is 2. The summed E-state index contributed by atoms with van der Waals surface area (Å²) in [6.45, 7) is 6.71. The van der Waals surface area contributed by atoms with Crippen LogP contribution in [0, 0.1) is 0 Å². The summed E-state index contributed by atoms with van der Waals surface area (Å²) < 4.78 is 4.96. The molecule has 0 aliphatic heterocycles. The fraction of sp³-hybridized carbons (Fsp3) is 0. The molecule has 6 nitrogen and oxygen atoms in total. The van der Waals surface area contributed by atoms with Crippen LogP contribution in [0.25, 0.3) is 0 Å². The van der Waals surface area contributed by atoms with Crippen molar-refractivity contribution < 1.29 is 14.3 Å². The number of hydrogen-bond donors (Lipinski definition) is 1. The zero-order valence-electron chi connectivity index (χ0n) is 12.8. The number of azo groups is 1. The Kier molecular flexibility index (Phi) is 5.74. The lowest BCUT2D eigenvalue weighted by atomic mass is 10.3. The van der Waals surface area contributed by atoms with E-state index in [0.717, 1.165) is 6.08 Å². The van der Waals surface area contributed by atoms with Gasteiger partial charge in [0.25, 0.3) is 0 Å². The van der Waals surface area contributed by atoms with Crippen LogP contribution in [-0.2, 0) is 9.59 Å². The van der Waals surface area contributed by atoms with E-state index in [1.54, 1.807) is 48.5 Å². The number of carbonyl (C=O) groups excluding carboxylic acids is 2. The van der Waals surface area contributed by atoms with Crippen LogP contribution < -0.4 is 10.1 Å². The summed E-state index contributed by atoms with van der Waals surface area (Å²) in [5.74, 6) is -0.393. The highest BCUT2D eigenvalue weighted by molar-refractivity contribution is 5.98. The third-order valence-electron chi connectivity index (χ3n) is 2.82. The molecular weight excluding hydrogens is 306 g/mol. The minimum absolute atomic E-state index is 0.276. The average molecular weight is 321 g/mol. The minimum Gasteiger partial charge on any atom is -0.423 e. The van der Waals surface area contributed by atoms with Crippen molar-refractivity contribution in [3.8, 4) is 5.75 Å². The number of hydrogen-bond acceptors (Lipinski definition) is 5. The second-order valence-corrected chi connectivity index (χ2v) is 4.56. The molecule has 0 saturated carbocycles. The van der Waals surface area contributed by atoms with Crippen LogP contribution in [0.15, 0.2) is 84.1 Å². The van der Waals surface area contributed by atoms with Crippen molar-refractivity contribution in [2.24, 2.45) is 10.2 Å². The second kappa shape index (κ2) is 8.19. The Balaban J connectivity index is 1.99. The maximum atomic E-state index is 11.2. The number of benzene rings is 2. The van der Waals surface area contributed by atoms with Gasteiger partial charge < -0.3 is 10.1 Å². The number of esters is 1. The average Bonchev–Trinajstić information content (AvgIpc) is 2.62. The van der Waals surface area contributed by atoms with Gasteiger partial charge in [-0.25, -0.2) is 4.79 Å². The molecule has 120 valence electrons. The zero-order valence-corrected chi connectivity index (χ0v) is 12.8. The Bertz CT molecular complexity index is 711. The molecule has 2 rings (SSSR count). The lowest BCUT2D eigenvalue weighted by Crippen LogP contribution is -2.06. The van der Waals surface area contributed by atoms with Crippen molar-refractivity contribution in [3.05, 3.63) is 73.8 Å². The molecule has 1 N–H and O–H groups in total. The van der Waals surface area contributed by atoms with Crippen LogP contribution in [0.4, 0.5) is 17.1 Å². The summed E-state index contributed by atoms with van der Waals surface area (Å²) in [7, 11) is 0. The smallest absolute Gasteiger partial charge is 0.335 e. The van der Waals surface area contributed by atoms with Crippen LogP contribution in [0.1, 0.15) is 0 Å². The largest absolute Gasteiger partial charge is 0.423 e. The molecule has 0 heterocycles. The van der Waals surface area contributed by atoms with Crippen LogP contribution in [0.5, 0.6) is 5.75 Å². The highest BCUT2D eigenvalue weighted by Gasteiger charge is 2.00. The van der Waals surface area contributed by atoms with Gasteiger partial charge in [0, 0.05) is 11.8 Å². The minimum atomic E-state index is -0.520. The molecular formula is C18H15N3O3. The van der Waals surface area contributed by atoms with Crippen LogP contribution in [0.3, 0.4) is 0 Å². The fourth-order valence-corrected chi connectivity index (χ4v) is 1.66. The van der Waals surface area contributed by atoms with Crippen molar-refractivity contribution in [2.75, 3.05) is 5.32 Å². The molecule has 0 spiro atoms. The van der Waals surface area contributed by atoms with Gasteiger partial charge in [-0.3, -0.25) is 4.79 Å². The van der Waals surface area contributed by atoms with E-state index in [2.05, 4.69) is 28.7 Å². The summed E-state index contributed by atoms with van der Waals surface area (Å²) in [6.07, 6.45) is 2.29. The van der Waals surface area contributed by atoms with Gasteiger partial charge in [-0.2, -0.15) is 10.2 Å². The van der Waals surface area contributed by atoms with Gasteiger partial charge in [-0.1, -0.05) is 13.2 Å². The summed E-state index contributed by atoms with van der Waals surface area (Å²) in [5, 5.41) is 10.8. The van der Waals surface area contributed by atoms with Gasteiger partial charge in [0.15, 0.2) is 0 Å². The third-order valence-corrected chi connectivity index (χ3v) is 2.82. The Morgan fingerprint density at radius 2 is 1.42 bits per heavy atom. The van der Waals surface area contributed by atoms with Crippen LogP contribution >= 0.6 is 0 Å². The maximum Gasteiger partial charge on any atom is 0.335 e. The number of ether oxygens (including phenoxy) is 1. The summed E-state index contributed by atoms with van der Waals surface area (Å²) >= 11 is 0. The monoisotopic (exact) mass is 321 g/mol. The first-order valence-electron chi connectivity index (χ1n) is 7.00. The topological polar surface area (TPSA) is 80.1 Å². The van der Waals surface area contributed by atoms with E-state index < -0.39 is 5.97 Å². The molecule has 0 aliphatic carbocycles. The predicted octanol–water partition coefficient (Wildman–Crippen LogP) is 4.32. The number of carbonyl (C=O) groups is 2. The van der Waals surface area contributed by atoms with Gasteiger partial charge in [0.1, 0.15) is 5.75 Å². The normalized spacial score (nSPS) is 10.2. The van der Waals surface area contributed by atoms with Crippen molar-refractivity contribution >= 4 is 28.9 Å². The summed E-state index contributed by atoms with van der Waals surface area (Å²) in [5.41, 5.74) is 1.89. The molecule has 24 heavy (non-hydrogen) atoms. The lowest BCUT2D eigenvalue weighted by Gasteiger charge is -2.02. The number of anilines is 1. The van der Waals surface area contributed by atoms with E-state index in [1.165, 1.54) is 6.08 Å². The molecule has 0 bridgehead atoms. The predicted molar refractivity (Wildman–Crippen MR) is 91.7 cm³/mol. The molecule has 0 aliphatic rings. The third kappa shape index (κ3) is 5.03. The molecule has 0 unspecified atom stereocenters. The molecule has 0 fully saturated rings. The van der Waals surface area contributed by atoms with E-state index >= 15 is 0 Å². The van der Waals surface area contributed by atoms with E-state index in [1.807, 2.05) is 0 Å². The first kappa shape index (κ1) is 16.8. The standard InChI is InChI=1S/C18H15N3O3/c1-3-17(22)19-13-5-7-14(8-6-13)20-21-15-9-11-16(12-10-15)24-18(23)4-2/h3-12H,1-2H2,(H,19,22). The highest BCUT2D eigenvalue weighted by atomic mass is 16.5. The Morgan fingerprint density at radius 1 is 0.875 bits per heavy atom. The zero-order chi connectivity index (χ0) is 17.4. The van der Waals surface area contributed by atoms with Crippen LogP contribution in [0.2, 0.25) is 0 Å². The van der Waals surface area contributed by atoms with Crippen molar-refractivity contribution in [1.82, 2.24) is 0 Å². The SMILES string of the molecule is C=CC(=O)Nc1ccc(N=Nc2ccc(OC(=O)C=C)cc2)cc1. The summed E-state index contributed by atoms with van der Waals surface area (Å²) in [4.78, 5) is 22.3. The Labute approximate surface area is 139 Å². The molecule has 6 heteroatoms. The van der Waals surface area contributed by atoms with E-state index in [9.17, 15) is 9.59 Å². The number of nitrogens with one attached hydrogen (secondary N) is 1. The summed E-state index contributed by atoms with van der Waals surface area (Å²) in [6, 6.07) is 13.5. The molecule has 2 aromatic carbocycles. The quantitative estimate of drug-likeness (QED) is 0.372. The second-order valence-electron chi connectivity index (χ2n) is 4.56. The lowest BCUT2D eigenvalue weighted by molar-refractivity contribution is -0.129. The maximum absolute atomic E-state index is 11.2. The highest BCUT2D eigenvalue weighted by Crippen LogP contribution is 2.22. The first-order valence-corrected chi connectivity index (χ1v) is 7.00. The Morgan fingerprint density at radius 3 is 1.92 bits per heavy atom. The van der Waals surface area contributed by atoms with Crippen molar-refractivity contribution in [1.29, 1.82) is 0 Å². The van der Waals surface area contributed by atoms with Crippen molar-refractivity contribution in [2.45, 2.75) is 0 Å². The number of rotatable bonds is 6. The van der Waals surface area contributed by atoms with Crippen LogP contribution in [-0.4, -0.2) is 11.9 Å². The Hall–Kier alpha value is -3.54. The van der Waals surface area contributed by atoms with Crippen molar-refractivity contribution in [3.63, 3.8) is 0 Å². The van der Waals surface area contributed by atoms with E-state index in [0.29, 0.717) is 22.8 Å². The van der Waals surface area contributed by atoms with Gasteiger partial charge in [0.05, 0.1) is 11.4 Å². The number of amides is 1. The first-order chi connectivity index (χ1) is 11.6. The van der Waals surface area contributed by atoms with Gasteiger partial charge in [-0.15, -0.1) is 0 Å². The van der Waals surface area contributed by atoms with Gasteiger partial charge in [0.2, 0.25) is 5.91 Å². The molecule has 0 atom stereocenters. The molecule has 2 aromatic rings. The molecule has 0 aromatic heterocycles.